The van der Waals surface area contributed by atoms with Crippen LogP contribution in [0.15, 0.2) is 11.3 Å². The lowest BCUT2D eigenvalue weighted by Crippen LogP contribution is -2.52. The molecule has 0 aromatic carbocycles. The minimum Gasteiger partial charge on any atom is -0.518 e. The van der Waals surface area contributed by atoms with Crippen LogP contribution in [0.2, 0.25) is 36.3 Å². The highest BCUT2D eigenvalue weighted by atomic mass is 31.2. The van der Waals surface area contributed by atoms with Gasteiger partial charge in [-0.2, -0.15) is 0 Å². The first-order valence-electron chi connectivity index (χ1n) is 10.6. The summed E-state index contributed by atoms with van der Waals surface area (Å²) in [6.45, 7) is 26.2. The van der Waals surface area contributed by atoms with Crippen LogP contribution in [-0.4, -0.2) is 43.6 Å². The summed E-state index contributed by atoms with van der Waals surface area (Å²) in [5, 5.41) is 0.303. The van der Waals surface area contributed by atoms with Crippen molar-refractivity contribution in [1.82, 2.24) is 0 Å². The molecule has 30 heavy (non-hydrogen) atoms. The van der Waals surface area contributed by atoms with Crippen LogP contribution in [0.1, 0.15) is 55.4 Å². The predicted octanol–water partition coefficient (Wildman–Crippen LogP) is 7.11. The van der Waals surface area contributed by atoms with Gasteiger partial charge < -0.3 is 22.6 Å². The maximum absolute atomic E-state index is 13.8. The maximum Gasteiger partial charge on any atom is 0.366 e. The molecule has 1 rings (SSSR count). The summed E-state index contributed by atoms with van der Waals surface area (Å²) in [6.07, 6.45) is -0.502. The van der Waals surface area contributed by atoms with E-state index in [4.69, 9.17) is 22.6 Å². The molecule has 0 N–H and O–H groups in total. The lowest BCUT2D eigenvalue weighted by Gasteiger charge is -2.48. The van der Waals surface area contributed by atoms with Crippen molar-refractivity contribution in [3.05, 3.63) is 11.3 Å². The van der Waals surface area contributed by atoms with Crippen molar-refractivity contribution in [2.45, 2.75) is 97.8 Å². The van der Waals surface area contributed by atoms with E-state index in [1.807, 2.05) is 0 Å². The van der Waals surface area contributed by atoms with Gasteiger partial charge in [0.15, 0.2) is 8.32 Å². The van der Waals surface area contributed by atoms with E-state index in [0.29, 0.717) is 11.9 Å². The molecule has 0 saturated heterocycles. The van der Waals surface area contributed by atoms with Crippen LogP contribution in [0.4, 0.5) is 0 Å². The Labute approximate surface area is 186 Å². The van der Waals surface area contributed by atoms with Crippen LogP contribution >= 0.6 is 7.60 Å². The SMILES string of the molecule is COP(=O)(OC)C1=C(O[Si](C)(C)C(C)(C)C)OCC(C)(C)[C@H]1O[Si](C)(C)C(C)(C)C. The Morgan fingerprint density at radius 2 is 1.37 bits per heavy atom. The molecule has 0 fully saturated rings. The molecule has 0 spiro atoms. The van der Waals surface area contributed by atoms with Gasteiger partial charge >= 0.3 is 7.60 Å². The molecule has 9 heteroatoms. The zero-order chi connectivity index (χ0) is 24.0. The fourth-order valence-corrected chi connectivity index (χ4v) is 6.63. The smallest absolute Gasteiger partial charge is 0.366 e. The summed E-state index contributed by atoms with van der Waals surface area (Å²) in [5.41, 5.74) is -0.433. The zero-order valence-corrected chi connectivity index (χ0v) is 24.6. The highest BCUT2D eigenvalue weighted by molar-refractivity contribution is 7.58. The Hall–Kier alpha value is -0.116. The molecule has 0 aromatic heterocycles. The average molecular weight is 481 g/mol. The first kappa shape index (κ1) is 27.9. The van der Waals surface area contributed by atoms with Gasteiger partial charge in [0.1, 0.15) is 5.31 Å². The summed E-state index contributed by atoms with van der Waals surface area (Å²) in [7, 11) is -5.37. The van der Waals surface area contributed by atoms with Gasteiger partial charge in [0.05, 0.1) is 12.7 Å². The second kappa shape index (κ2) is 8.67. The average Bonchev–Trinajstić information content (AvgIpc) is 2.55. The molecular weight excluding hydrogens is 435 g/mol. The summed E-state index contributed by atoms with van der Waals surface area (Å²) < 4.78 is 44.2. The van der Waals surface area contributed by atoms with Gasteiger partial charge in [-0.3, -0.25) is 4.57 Å². The molecule has 0 bridgehead atoms. The first-order valence-corrected chi connectivity index (χ1v) is 18.0. The lowest BCUT2D eigenvalue weighted by atomic mass is 9.86. The fourth-order valence-electron chi connectivity index (χ4n) is 2.56. The van der Waals surface area contributed by atoms with Crippen molar-refractivity contribution in [2.24, 2.45) is 5.41 Å². The third-order valence-corrected chi connectivity index (χ3v) is 17.6. The normalized spacial score (nSPS) is 21.5. The van der Waals surface area contributed by atoms with Crippen LogP contribution in [0.5, 0.6) is 0 Å². The van der Waals surface area contributed by atoms with E-state index >= 15 is 0 Å². The second-order valence-corrected chi connectivity index (χ2v) is 23.6. The Morgan fingerprint density at radius 1 is 0.933 bits per heavy atom. The van der Waals surface area contributed by atoms with Crippen molar-refractivity contribution in [3.63, 3.8) is 0 Å². The van der Waals surface area contributed by atoms with Crippen LogP contribution in [0, 0.1) is 5.41 Å². The lowest BCUT2D eigenvalue weighted by molar-refractivity contribution is -0.0373. The third kappa shape index (κ3) is 5.62. The number of hydrogen-bond donors (Lipinski definition) is 0. The number of ether oxygens (including phenoxy) is 1. The molecule has 0 amide bonds. The highest BCUT2D eigenvalue weighted by Crippen LogP contribution is 2.62. The minimum atomic E-state index is -3.68. The molecule has 6 nitrogen and oxygen atoms in total. The topological polar surface area (TPSA) is 63.2 Å². The minimum absolute atomic E-state index is 0.0168. The molecule has 178 valence electrons. The van der Waals surface area contributed by atoms with Crippen molar-refractivity contribution >= 4 is 24.2 Å². The molecular formula is C21H45O6PSi2. The fraction of sp³-hybridized carbons (Fsp3) is 0.905. The van der Waals surface area contributed by atoms with E-state index < -0.39 is 35.7 Å². The Kier molecular flexibility index (Phi) is 8.07. The van der Waals surface area contributed by atoms with Gasteiger partial charge in [-0.25, -0.2) is 0 Å². The van der Waals surface area contributed by atoms with Crippen molar-refractivity contribution in [1.29, 1.82) is 0 Å². The largest absolute Gasteiger partial charge is 0.518 e. The van der Waals surface area contributed by atoms with E-state index in [1.165, 1.54) is 14.2 Å². The molecule has 1 atom stereocenters. The molecule has 1 aliphatic rings. The Balaban J connectivity index is 3.74. The van der Waals surface area contributed by atoms with Crippen LogP contribution < -0.4 is 0 Å². The van der Waals surface area contributed by atoms with Crippen molar-refractivity contribution < 1.29 is 27.2 Å². The van der Waals surface area contributed by atoms with Crippen LogP contribution in [-0.2, 0) is 27.2 Å². The monoisotopic (exact) mass is 480 g/mol. The third-order valence-electron chi connectivity index (χ3n) is 6.89. The Bertz CT molecular complexity index is 693. The molecule has 0 saturated carbocycles. The molecule has 0 aromatic rings. The summed E-state index contributed by atoms with van der Waals surface area (Å²) in [6, 6.07) is 0. The van der Waals surface area contributed by atoms with Crippen LogP contribution in [0.3, 0.4) is 0 Å². The molecule has 1 aliphatic heterocycles. The first-order chi connectivity index (χ1) is 13.2. The van der Waals surface area contributed by atoms with Crippen molar-refractivity contribution in [2.75, 3.05) is 20.8 Å². The molecule has 0 aliphatic carbocycles. The van der Waals surface area contributed by atoms with Gasteiger partial charge in [0, 0.05) is 19.6 Å². The van der Waals surface area contributed by atoms with Gasteiger partial charge in [-0.05, 0) is 36.3 Å². The van der Waals surface area contributed by atoms with E-state index in [1.54, 1.807) is 0 Å². The van der Waals surface area contributed by atoms with Crippen molar-refractivity contribution in [3.8, 4) is 0 Å². The molecule has 0 radical (unpaired) electrons. The summed E-state index contributed by atoms with van der Waals surface area (Å²) >= 11 is 0. The highest BCUT2D eigenvalue weighted by Gasteiger charge is 2.54. The van der Waals surface area contributed by atoms with Gasteiger partial charge in [-0.15, -0.1) is 0 Å². The number of rotatable bonds is 7. The second-order valence-electron chi connectivity index (χ2n) is 11.9. The predicted molar refractivity (Wildman–Crippen MR) is 129 cm³/mol. The van der Waals surface area contributed by atoms with Gasteiger partial charge in [0.25, 0.3) is 14.3 Å². The van der Waals surface area contributed by atoms with E-state index in [9.17, 15) is 4.57 Å². The Morgan fingerprint density at radius 3 is 1.73 bits per heavy atom. The molecule has 0 unspecified atom stereocenters. The number of hydrogen-bond acceptors (Lipinski definition) is 6. The van der Waals surface area contributed by atoms with Gasteiger partial charge in [0.2, 0.25) is 0 Å². The zero-order valence-electron chi connectivity index (χ0n) is 21.7. The summed E-state index contributed by atoms with van der Waals surface area (Å²) in [5.74, 6) is 0.261. The maximum atomic E-state index is 13.8. The van der Waals surface area contributed by atoms with E-state index in [2.05, 4.69) is 81.6 Å². The standard InChI is InChI=1S/C21H45O6PSi2/c1-19(2,3)29(11,12)26-17-16(28(22,23-9)24-10)18(25-15-21(17,7)8)27-30(13,14)20(4,5)6/h17H,15H2,1-14H3/t17-/m0/s1. The quantitative estimate of drug-likeness (QED) is 0.286. The summed E-state index contributed by atoms with van der Waals surface area (Å²) in [4.78, 5) is 0. The van der Waals surface area contributed by atoms with Gasteiger partial charge in [-0.1, -0.05) is 55.4 Å². The van der Waals surface area contributed by atoms with E-state index in [-0.39, 0.29) is 16.0 Å². The molecule has 1 heterocycles. The van der Waals surface area contributed by atoms with E-state index in [0.717, 1.165) is 0 Å². The van der Waals surface area contributed by atoms with Crippen LogP contribution in [0.25, 0.3) is 0 Å².